The van der Waals surface area contributed by atoms with Crippen molar-refractivity contribution < 1.29 is 9.59 Å². The maximum absolute atomic E-state index is 11.3. The molecule has 8 heteroatoms. The fourth-order valence-corrected chi connectivity index (χ4v) is 2.66. The van der Waals surface area contributed by atoms with Crippen LogP contribution in [0.2, 0.25) is 0 Å². The molecule has 0 aromatic heterocycles. The average molecular weight is 314 g/mol. The number of halogens is 3. The van der Waals surface area contributed by atoms with Crippen molar-refractivity contribution in [1.29, 1.82) is 0 Å². The lowest BCUT2D eigenvalue weighted by Crippen LogP contribution is -2.21. The summed E-state index contributed by atoms with van der Waals surface area (Å²) >= 11 is 17.6. The SMILES string of the molecule is NC(=O)c1cccc(SC(Cl)(Cl)Cl)c1C(N)=O. The highest BCUT2D eigenvalue weighted by atomic mass is 35.6. The number of hydrogen-bond acceptors (Lipinski definition) is 3. The summed E-state index contributed by atoms with van der Waals surface area (Å²) < 4.78 is -1.67. The Morgan fingerprint density at radius 1 is 1.12 bits per heavy atom. The lowest BCUT2D eigenvalue weighted by atomic mass is 10.1. The van der Waals surface area contributed by atoms with Crippen LogP contribution in [0.25, 0.3) is 0 Å². The molecule has 0 fully saturated rings. The molecule has 4 nitrogen and oxygen atoms in total. The Morgan fingerprint density at radius 3 is 2.12 bits per heavy atom. The van der Waals surface area contributed by atoms with Gasteiger partial charge in [0.05, 0.1) is 11.1 Å². The van der Waals surface area contributed by atoms with Gasteiger partial charge in [-0.05, 0) is 12.1 Å². The number of rotatable bonds is 3. The van der Waals surface area contributed by atoms with Gasteiger partial charge in [0, 0.05) is 4.90 Å². The van der Waals surface area contributed by atoms with Crippen LogP contribution in [0.3, 0.4) is 0 Å². The van der Waals surface area contributed by atoms with Gasteiger partial charge in [-0.1, -0.05) is 52.6 Å². The van der Waals surface area contributed by atoms with E-state index >= 15 is 0 Å². The number of carbonyl (C=O) groups is 2. The van der Waals surface area contributed by atoms with Crippen molar-refractivity contribution in [3.8, 4) is 0 Å². The van der Waals surface area contributed by atoms with Crippen LogP contribution < -0.4 is 11.5 Å². The van der Waals surface area contributed by atoms with Gasteiger partial charge in [-0.2, -0.15) is 0 Å². The molecule has 0 bridgehead atoms. The molecule has 1 aromatic carbocycles. The van der Waals surface area contributed by atoms with Crippen LogP contribution in [0, 0.1) is 0 Å². The van der Waals surface area contributed by atoms with E-state index < -0.39 is 14.9 Å². The normalized spacial score (nSPS) is 11.2. The summed E-state index contributed by atoms with van der Waals surface area (Å²) in [4.78, 5) is 22.7. The van der Waals surface area contributed by atoms with E-state index in [1.165, 1.54) is 18.2 Å². The summed E-state index contributed by atoms with van der Waals surface area (Å²) in [6.07, 6.45) is 0. The largest absolute Gasteiger partial charge is 0.366 e. The van der Waals surface area contributed by atoms with Gasteiger partial charge in [0.25, 0.3) is 5.91 Å². The molecule has 1 rings (SSSR count). The van der Waals surface area contributed by atoms with Crippen LogP contribution in [0.4, 0.5) is 0 Å². The van der Waals surface area contributed by atoms with Crippen LogP contribution in [0.1, 0.15) is 20.7 Å². The zero-order chi connectivity index (χ0) is 13.2. The lowest BCUT2D eigenvalue weighted by molar-refractivity contribution is 0.0965. The van der Waals surface area contributed by atoms with E-state index in [0.717, 1.165) is 11.8 Å². The number of nitrogens with two attached hydrogens (primary N) is 2. The third-order valence-electron chi connectivity index (χ3n) is 1.76. The fourth-order valence-electron chi connectivity index (χ4n) is 1.20. The highest BCUT2D eigenvalue weighted by molar-refractivity contribution is 8.04. The van der Waals surface area contributed by atoms with Gasteiger partial charge >= 0.3 is 0 Å². The maximum atomic E-state index is 11.3. The Balaban J connectivity index is 3.35. The van der Waals surface area contributed by atoms with E-state index in [2.05, 4.69) is 0 Å². The lowest BCUT2D eigenvalue weighted by Gasteiger charge is -2.14. The van der Waals surface area contributed by atoms with Gasteiger partial charge < -0.3 is 11.5 Å². The van der Waals surface area contributed by atoms with E-state index in [1.807, 2.05) is 0 Å². The van der Waals surface area contributed by atoms with Crippen molar-refractivity contribution in [2.24, 2.45) is 11.5 Å². The van der Waals surface area contributed by atoms with E-state index in [4.69, 9.17) is 46.3 Å². The van der Waals surface area contributed by atoms with Crippen LogP contribution in [-0.2, 0) is 0 Å². The number of amides is 2. The third kappa shape index (κ3) is 3.96. The summed E-state index contributed by atoms with van der Waals surface area (Å²) in [6.45, 7) is 0. The van der Waals surface area contributed by atoms with E-state index in [9.17, 15) is 9.59 Å². The van der Waals surface area contributed by atoms with Gasteiger partial charge in [0.1, 0.15) is 0 Å². The molecule has 1 aromatic rings. The van der Waals surface area contributed by atoms with Crippen LogP contribution >= 0.6 is 46.6 Å². The number of benzene rings is 1. The fraction of sp³-hybridized carbons (Fsp3) is 0.111. The molecule has 0 saturated carbocycles. The molecule has 4 N–H and O–H groups in total. The first kappa shape index (κ1) is 14.4. The number of hydrogen-bond donors (Lipinski definition) is 2. The van der Waals surface area contributed by atoms with E-state index in [-0.39, 0.29) is 16.0 Å². The molecule has 92 valence electrons. The maximum Gasteiger partial charge on any atom is 0.250 e. The zero-order valence-electron chi connectivity index (χ0n) is 8.25. The minimum absolute atomic E-state index is 0.00301. The van der Waals surface area contributed by atoms with Gasteiger partial charge in [-0.15, -0.1) is 0 Å². The Labute approximate surface area is 117 Å². The molecular weight excluding hydrogens is 307 g/mol. The van der Waals surface area contributed by atoms with E-state index in [0.29, 0.717) is 0 Å². The number of carbonyl (C=O) groups excluding carboxylic acids is 2. The van der Waals surface area contributed by atoms with Gasteiger partial charge in [-0.3, -0.25) is 9.59 Å². The highest BCUT2D eigenvalue weighted by Crippen LogP contribution is 2.45. The smallest absolute Gasteiger partial charge is 0.250 e. The molecule has 0 unspecified atom stereocenters. The molecule has 0 aliphatic carbocycles. The van der Waals surface area contributed by atoms with Crippen molar-refractivity contribution in [2.45, 2.75) is 8.02 Å². The predicted octanol–water partition coefficient (Wildman–Crippen LogP) is 2.30. The van der Waals surface area contributed by atoms with Gasteiger partial charge in [0.2, 0.25) is 9.03 Å². The van der Waals surface area contributed by atoms with Crippen molar-refractivity contribution in [1.82, 2.24) is 0 Å². The molecule has 17 heavy (non-hydrogen) atoms. The first-order chi connectivity index (χ1) is 7.72. The molecule has 0 atom stereocenters. The highest BCUT2D eigenvalue weighted by Gasteiger charge is 2.26. The topological polar surface area (TPSA) is 86.2 Å². The number of thioether (sulfide) groups is 1. The molecular formula is C9H7Cl3N2O2S. The second kappa shape index (κ2) is 5.35. The minimum atomic E-state index is -1.67. The summed E-state index contributed by atoms with van der Waals surface area (Å²) in [6, 6.07) is 4.41. The first-order valence-electron chi connectivity index (χ1n) is 4.20. The number of alkyl halides is 3. The van der Waals surface area contributed by atoms with Crippen molar-refractivity contribution in [3.63, 3.8) is 0 Å². The average Bonchev–Trinajstić information content (AvgIpc) is 2.14. The summed E-state index contributed by atoms with van der Waals surface area (Å²) in [5.41, 5.74) is 10.3. The molecule has 0 saturated heterocycles. The molecule has 0 heterocycles. The zero-order valence-corrected chi connectivity index (χ0v) is 11.3. The van der Waals surface area contributed by atoms with Crippen molar-refractivity contribution in [2.75, 3.05) is 0 Å². The molecule has 0 spiro atoms. The summed E-state index contributed by atoms with van der Waals surface area (Å²) in [7, 11) is 0. The van der Waals surface area contributed by atoms with Crippen LogP contribution in [0.15, 0.2) is 23.1 Å². The van der Waals surface area contributed by atoms with Gasteiger partial charge in [-0.25, -0.2) is 0 Å². The quantitative estimate of drug-likeness (QED) is 0.663. The summed E-state index contributed by atoms with van der Waals surface area (Å²) in [5, 5.41) is 0. The standard InChI is InChI=1S/C9H7Cl3N2O2S/c10-9(11,12)17-5-3-1-2-4(7(13)15)6(5)8(14)16/h1-3H,(H2,13,15)(H2,14,16). The van der Waals surface area contributed by atoms with Gasteiger partial charge in [0.15, 0.2) is 0 Å². The molecule has 0 radical (unpaired) electrons. The molecule has 2 amide bonds. The third-order valence-corrected chi connectivity index (χ3v) is 3.25. The minimum Gasteiger partial charge on any atom is -0.366 e. The molecule has 0 aliphatic heterocycles. The van der Waals surface area contributed by atoms with Crippen molar-refractivity contribution in [3.05, 3.63) is 29.3 Å². The Kier molecular flexibility index (Phi) is 4.55. The second-order valence-corrected chi connectivity index (χ2v) is 7.16. The van der Waals surface area contributed by atoms with Crippen LogP contribution in [0.5, 0.6) is 0 Å². The molecule has 0 aliphatic rings. The second-order valence-electron chi connectivity index (χ2n) is 2.96. The Morgan fingerprint density at radius 2 is 1.71 bits per heavy atom. The monoisotopic (exact) mass is 312 g/mol. The van der Waals surface area contributed by atoms with Crippen molar-refractivity contribution >= 4 is 58.4 Å². The number of primary amides is 2. The van der Waals surface area contributed by atoms with E-state index in [1.54, 1.807) is 0 Å². The Hall–Kier alpha value is -0.620. The predicted molar refractivity (Wildman–Crippen MR) is 69.6 cm³/mol. The van der Waals surface area contributed by atoms with Crippen LogP contribution in [-0.4, -0.2) is 14.9 Å². The summed E-state index contributed by atoms with van der Waals surface area (Å²) in [5.74, 6) is -1.58. The first-order valence-corrected chi connectivity index (χ1v) is 6.16. The Bertz CT molecular complexity index is 474.